The van der Waals surface area contributed by atoms with E-state index in [0.717, 1.165) is 22.4 Å². The summed E-state index contributed by atoms with van der Waals surface area (Å²) in [6.07, 6.45) is 0.367. The first-order chi connectivity index (χ1) is 16.1. The minimum atomic E-state index is -0.0664. The van der Waals surface area contributed by atoms with Gasteiger partial charge in [-0.15, -0.1) is 0 Å². The molecule has 1 fully saturated rings. The standard InChI is InChI=1S/C26H24ClN3O3/c1-32-19-11-12-24(33-2)23(14-19)29-16-18(13-25(29)31)26-28-21-9-5-6-10-22(21)30(26)15-17-7-3-4-8-20(17)27/h3-12,14,18H,13,15-16H2,1-2H3. The fraction of sp³-hybridized carbons (Fsp3) is 0.231. The first-order valence-electron chi connectivity index (χ1n) is 10.8. The fourth-order valence-electron chi connectivity index (χ4n) is 4.49. The number of imidazole rings is 1. The number of para-hydroxylation sites is 2. The van der Waals surface area contributed by atoms with Crippen LogP contribution in [-0.4, -0.2) is 36.2 Å². The third-order valence-electron chi connectivity index (χ3n) is 6.14. The summed E-state index contributed by atoms with van der Waals surface area (Å²) in [5.74, 6) is 2.16. The van der Waals surface area contributed by atoms with Crippen molar-refractivity contribution in [1.29, 1.82) is 0 Å². The SMILES string of the molecule is COc1ccc(OC)c(N2CC(c3nc4ccccc4n3Cc3ccccc3Cl)CC2=O)c1. The van der Waals surface area contributed by atoms with Crippen LogP contribution in [0.4, 0.5) is 5.69 Å². The van der Waals surface area contributed by atoms with E-state index in [-0.39, 0.29) is 11.8 Å². The predicted molar refractivity (Wildman–Crippen MR) is 130 cm³/mol. The average molecular weight is 462 g/mol. The molecule has 168 valence electrons. The number of aromatic nitrogens is 2. The van der Waals surface area contributed by atoms with E-state index in [4.69, 9.17) is 26.1 Å². The second-order valence-electron chi connectivity index (χ2n) is 8.08. The zero-order valence-electron chi connectivity index (χ0n) is 18.5. The molecule has 1 unspecified atom stereocenters. The maximum Gasteiger partial charge on any atom is 0.227 e. The maximum atomic E-state index is 13.1. The van der Waals surface area contributed by atoms with Gasteiger partial charge in [0.1, 0.15) is 17.3 Å². The molecule has 1 aliphatic rings. The number of amides is 1. The summed E-state index contributed by atoms with van der Waals surface area (Å²) in [5, 5.41) is 0.714. The number of carbonyl (C=O) groups excluding carboxylic acids is 1. The van der Waals surface area contributed by atoms with Crippen molar-refractivity contribution >= 4 is 34.2 Å². The normalized spacial score (nSPS) is 15.9. The van der Waals surface area contributed by atoms with Crippen molar-refractivity contribution in [1.82, 2.24) is 9.55 Å². The molecule has 1 aromatic heterocycles. The van der Waals surface area contributed by atoms with Crippen LogP contribution in [0.25, 0.3) is 11.0 Å². The van der Waals surface area contributed by atoms with Gasteiger partial charge in [-0.2, -0.15) is 0 Å². The van der Waals surface area contributed by atoms with Gasteiger partial charge in [0.15, 0.2) is 0 Å². The Labute approximate surface area is 197 Å². The van der Waals surface area contributed by atoms with Crippen LogP contribution in [0.2, 0.25) is 5.02 Å². The van der Waals surface area contributed by atoms with Crippen molar-refractivity contribution in [2.24, 2.45) is 0 Å². The Hall–Kier alpha value is -3.51. The molecule has 1 saturated heterocycles. The molecule has 0 bridgehead atoms. The first kappa shape index (κ1) is 21.3. The molecular weight excluding hydrogens is 438 g/mol. The summed E-state index contributed by atoms with van der Waals surface area (Å²) in [5.41, 5.74) is 3.65. The number of carbonyl (C=O) groups is 1. The smallest absolute Gasteiger partial charge is 0.227 e. The quantitative estimate of drug-likeness (QED) is 0.392. The van der Waals surface area contributed by atoms with Gasteiger partial charge in [-0.3, -0.25) is 4.79 Å². The van der Waals surface area contributed by atoms with Gasteiger partial charge in [0.25, 0.3) is 0 Å². The molecule has 4 aromatic rings. The van der Waals surface area contributed by atoms with Crippen LogP contribution in [0.15, 0.2) is 66.7 Å². The van der Waals surface area contributed by atoms with Crippen LogP contribution in [0.5, 0.6) is 11.5 Å². The average Bonchev–Trinajstić information content (AvgIpc) is 3.40. The Morgan fingerprint density at radius 3 is 2.61 bits per heavy atom. The molecule has 0 spiro atoms. The van der Waals surface area contributed by atoms with E-state index < -0.39 is 0 Å². The monoisotopic (exact) mass is 461 g/mol. The van der Waals surface area contributed by atoms with Crippen molar-refractivity contribution in [2.75, 3.05) is 25.7 Å². The molecule has 7 heteroatoms. The molecule has 0 aliphatic carbocycles. The topological polar surface area (TPSA) is 56.6 Å². The van der Waals surface area contributed by atoms with Gasteiger partial charge < -0.3 is 18.9 Å². The third-order valence-corrected chi connectivity index (χ3v) is 6.51. The Morgan fingerprint density at radius 2 is 1.82 bits per heavy atom. The molecule has 3 aromatic carbocycles. The number of anilines is 1. The lowest BCUT2D eigenvalue weighted by Gasteiger charge is -2.20. The number of rotatable bonds is 6. The molecule has 0 radical (unpaired) electrons. The third kappa shape index (κ3) is 3.91. The maximum absolute atomic E-state index is 13.1. The lowest BCUT2D eigenvalue weighted by Crippen LogP contribution is -2.25. The highest BCUT2D eigenvalue weighted by Crippen LogP contribution is 2.39. The zero-order chi connectivity index (χ0) is 22.9. The molecule has 0 saturated carbocycles. The molecule has 6 nitrogen and oxygen atoms in total. The number of hydrogen-bond donors (Lipinski definition) is 0. The molecular formula is C26H24ClN3O3. The molecule has 2 heterocycles. The number of halogens is 1. The summed E-state index contributed by atoms with van der Waals surface area (Å²) in [6, 6.07) is 21.3. The van der Waals surface area contributed by atoms with E-state index in [1.54, 1.807) is 19.1 Å². The number of ether oxygens (including phenoxy) is 2. The predicted octanol–water partition coefficient (Wildman–Crippen LogP) is 5.28. The van der Waals surface area contributed by atoms with Crippen molar-refractivity contribution in [3.8, 4) is 11.5 Å². The first-order valence-corrected chi connectivity index (χ1v) is 11.2. The number of benzene rings is 3. The van der Waals surface area contributed by atoms with E-state index in [0.29, 0.717) is 41.7 Å². The molecule has 33 heavy (non-hydrogen) atoms. The van der Waals surface area contributed by atoms with E-state index in [1.807, 2.05) is 60.7 Å². The largest absolute Gasteiger partial charge is 0.497 e. The highest BCUT2D eigenvalue weighted by molar-refractivity contribution is 6.31. The van der Waals surface area contributed by atoms with Crippen LogP contribution < -0.4 is 14.4 Å². The Kier molecular flexibility index (Phi) is 5.68. The van der Waals surface area contributed by atoms with Gasteiger partial charge in [-0.1, -0.05) is 41.9 Å². The van der Waals surface area contributed by atoms with E-state index in [1.165, 1.54) is 0 Å². The summed E-state index contributed by atoms with van der Waals surface area (Å²) in [6.45, 7) is 1.09. The van der Waals surface area contributed by atoms with Crippen molar-refractivity contribution in [3.05, 3.63) is 83.1 Å². The van der Waals surface area contributed by atoms with E-state index in [2.05, 4.69) is 10.6 Å². The summed E-state index contributed by atoms with van der Waals surface area (Å²) in [7, 11) is 3.21. The molecule has 0 N–H and O–H groups in total. The summed E-state index contributed by atoms with van der Waals surface area (Å²) < 4.78 is 13.1. The second-order valence-corrected chi connectivity index (χ2v) is 8.49. The van der Waals surface area contributed by atoms with Crippen LogP contribution in [0.1, 0.15) is 23.7 Å². The van der Waals surface area contributed by atoms with E-state index in [9.17, 15) is 4.79 Å². The molecule has 1 amide bonds. The Balaban J connectivity index is 1.54. The highest BCUT2D eigenvalue weighted by Gasteiger charge is 2.36. The van der Waals surface area contributed by atoms with Gasteiger partial charge in [0.2, 0.25) is 5.91 Å². The molecule has 1 atom stereocenters. The van der Waals surface area contributed by atoms with Crippen molar-refractivity contribution in [2.45, 2.75) is 18.9 Å². The van der Waals surface area contributed by atoms with Crippen LogP contribution in [0.3, 0.4) is 0 Å². The molecule has 1 aliphatic heterocycles. The van der Waals surface area contributed by atoms with Gasteiger partial charge in [-0.05, 0) is 35.9 Å². The minimum absolute atomic E-state index is 0.0305. The number of nitrogens with zero attached hydrogens (tertiary/aromatic N) is 3. The van der Waals surface area contributed by atoms with Crippen molar-refractivity contribution < 1.29 is 14.3 Å². The van der Waals surface area contributed by atoms with Gasteiger partial charge >= 0.3 is 0 Å². The van der Waals surface area contributed by atoms with Crippen molar-refractivity contribution in [3.63, 3.8) is 0 Å². The van der Waals surface area contributed by atoms with Crippen LogP contribution in [0, 0.1) is 0 Å². The number of methoxy groups -OCH3 is 2. The van der Waals surface area contributed by atoms with Gasteiger partial charge in [0, 0.05) is 30.0 Å². The highest BCUT2D eigenvalue weighted by atomic mass is 35.5. The lowest BCUT2D eigenvalue weighted by molar-refractivity contribution is -0.117. The van der Waals surface area contributed by atoms with E-state index >= 15 is 0 Å². The lowest BCUT2D eigenvalue weighted by atomic mass is 10.1. The fourth-order valence-corrected chi connectivity index (χ4v) is 4.69. The zero-order valence-corrected chi connectivity index (χ0v) is 19.2. The van der Waals surface area contributed by atoms with Crippen LogP contribution in [-0.2, 0) is 11.3 Å². The van der Waals surface area contributed by atoms with Gasteiger partial charge in [0.05, 0.1) is 37.5 Å². The number of fused-ring (bicyclic) bond motifs is 1. The second kappa shape index (κ2) is 8.79. The van der Waals surface area contributed by atoms with Crippen LogP contribution >= 0.6 is 11.6 Å². The summed E-state index contributed by atoms with van der Waals surface area (Å²) in [4.78, 5) is 19.9. The Morgan fingerprint density at radius 1 is 1.03 bits per heavy atom. The minimum Gasteiger partial charge on any atom is -0.497 e. The molecule has 5 rings (SSSR count). The van der Waals surface area contributed by atoms with Gasteiger partial charge in [-0.25, -0.2) is 4.98 Å². The number of hydrogen-bond acceptors (Lipinski definition) is 4. The summed E-state index contributed by atoms with van der Waals surface area (Å²) >= 11 is 6.47. The Bertz CT molecular complexity index is 1330.